The first-order valence-corrected chi connectivity index (χ1v) is 6.98. The Hall–Kier alpha value is -1.89. The molecule has 3 nitrogen and oxygen atoms in total. The molecule has 0 unspecified atom stereocenters. The van der Waals surface area contributed by atoms with Crippen molar-refractivity contribution in [3.63, 3.8) is 0 Å². The molecular formula is C15H10FIN2O. The molecule has 3 aromatic rings. The molecule has 1 aromatic heterocycles. The van der Waals surface area contributed by atoms with Crippen LogP contribution in [-0.2, 0) is 0 Å². The molecule has 0 aliphatic carbocycles. The predicted molar refractivity (Wildman–Crippen MR) is 85.3 cm³/mol. The average Bonchev–Trinajstić information content (AvgIpc) is 2.44. The van der Waals surface area contributed by atoms with Gasteiger partial charge in [0.15, 0.2) is 5.75 Å². The van der Waals surface area contributed by atoms with Crippen LogP contribution in [0.15, 0.2) is 48.7 Å². The van der Waals surface area contributed by atoms with Gasteiger partial charge in [0.2, 0.25) is 0 Å². The standard InChI is InChI=1S/C15H10FIN2O/c16-11-6-15(13(18)7-12(11)17)20-10-5-9-3-1-2-4-14(9)19-8-10/h1-8H,18H2. The second-order valence-corrected chi connectivity index (χ2v) is 5.43. The summed E-state index contributed by atoms with van der Waals surface area (Å²) >= 11 is 1.89. The lowest BCUT2D eigenvalue weighted by Gasteiger charge is -2.09. The molecule has 1 heterocycles. The van der Waals surface area contributed by atoms with Gasteiger partial charge in [-0.05, 0) is 40.8 Å². The van der Waals surface area contributed by atoms with Gasteiger partial charge < -0.3 is 10.5 Å². The van der Waals surface area contributed by atoms with E-state index in [0.29, 0.717) is 20.8 Å². The van der Waals surface area contributed by atoms with E-state index in [1.54, 1.807) is 12.3 Å². The number of benzene rings is 2. The first kappa shape index (κ1) is 13.1. The Morgan fingerprint density at radius 1 is 1.15 bits per heavy atom. The first-order chi connectivity index (χ1) is 9.63. The van der Waals surface area contributed by atoms with E-state index in [1.807, 2.05) is 52.9 Å². The number of nitrogens with two attached hydrogens (primary N) is 1. The highest BCUT2D eigenvalue weighted by molar-refractivity contribution is 14.1. The van der Waals surface area contributed by atoms with Gasteiger partial charge in [-0.1, -0.05) is 18.2 Å². The molecule has 5 heteroatoms. The SMILES string of the molecule is Nc1cc(I)c(F)cc1Oc1cnc2ccccc2c1. The Labute approximate surface area is 128 Å². The fourth-order valence-corrected chi connectivity index (χ4v) is 2.36. The first-order valence-electron chi connectivity index (χ1n) is 5.90. The number of halogens is 2. The van der Waals surface area contributed by atoms with Gasteiger partial charge >= 0.3 is 0 Å². The van der Waals surface area contributed by atoms with Crippen LogP contribution in [0.25, 0.3) is 10.9 Å². The van der Waals surface area contributed by atoms with Gasteiger partial charge in [-0.2, -0.15) is 0 Å². The number of hydrogen-bond donors (Lipinski definition) is 1. The fourth-order valence-electron chi connectivity index (χ4n) is 1.87. The molecule has 3 rings (SSSR count). The van der Waals surface area contributed by atoms with Crippen molar-refractivity contribution in [2.75, 3.05) is 5.73 Å². The lowest BCUT2D eigenvalue weighted by molar-refractivity contribution is 0.477. The van der Waals surface area contributed by atoms with Gasteiger partial charge in [0, 0.05) is 11.5 Å². The zero-order chi connectivity index (χ0) is 14.1. The number of fused-ring (bicyclic) bond motifs is 1. The maximum absolute atomic E-state index is 13.6. The van der Waals surface area contributed by atoms with Crippen LogP contribution in [-0.4, -0.2) is 4.98 Å². The van der Waals surface area contributed by atoms with Gasteiger partial charge in [-0.25, -0.2) is 4.39 Å². The highest BCUT2D eigenvalue weighted by Crippen LogP contribution is 2.31. The summed E-state index contributed by atoms with van der Waals surface area (Å²) in [5.41, 5.74) is 7.10. The third-order valence-corrected chi connectivity index (χ3v) is 3.67. The summed E-state index contributed by atoms with van der Waals surface area (Å²) in [5, 5.41) is 0.953. The maximum Gasteiger partial charge on any atom is 0.153 e. The molecule has 100 valence electrons. The van der Waals surface area contributed by atoms with E-state index in [4.69, 9.17) is 10.5 Å². The Kier molecular flexibility index (Phi) is 3.43. The largest absolute Gasteiger partial charge is 0.453 e. The minimum absolute atomic E-state index is 0.292. The molecule has 2 aromatic carbocycles. The average molecular weight is 380 g/mol. The zero-order valence-corrected chi connectivity index (χ0v) is 12.5. The van der Waals surface area contributed by atoms with Crippen LogP contribution in [0.4, 0.5) is 10.1 Å². The van der Waals surface area contributed by atoms with Crippen molar-refractivity contribution < 1.29 is 9.13 Å². The van der Waals surface area contributed by atoms with Crippen molar-refractivity contribution in [1.29, 1.82) is 0 Å². The molecule has 0 fully saturated rings. The van der Waals surface area contributed by atoms with Gasteiger partial charge in [0.05, 0.1) is 21.0 Å². The van der Waals surface area contributed by atoms with Crippen molar-refractivity contribution in [2.45, 2.75) is 0 Å². The van der Waals surface area contributed by atoms with Crippen molar-refractivity contribution in [1.82, 2.24) is 4.98 Å². The number of para-hydroxylation sites is 1. The second kappa shape index (κ2) is 5.24. The Morgan fingerprint density at radius 2 is 1.95 bits per heavy atom. The predicted octanol–water partition coefficient (Wildman–Crippen LogP) is 4.35. The summed E-state index contributed by atoms with van der Waals surface area (Å²) in [4.78, 5) is 4.29. The van der Waals surface area contributed by atoms with Crippen molar-refractivity contribution in [3.8, 4) is 11.5 Å². The van der Waals surface area contributed by atoms with Crippen LogP contribution < -0.4 is 10.5 Å². The van der Waals surface area contributed by atoms with Crippen LogP contribution in [0.2, 0.25) is 0 Å². The Bertz CT molecular complexity index is 792. The molecule has 0 atom stereocenters. The van der Waals surface area contributed by atoms with Gasteiger partial charge in [0.25, 0.3) is 0 Å². The number of nitrogens with zero attached hydrogens (tertiary/aromatic N) is 1. The fraction of sp³-hybridized carbons (Fsp3) is 0. The number of pyridine rings is 1. The molecule has 0 radical (unpaired) electrons. The van der Waals surface area contributed by atoms with Crippen LogP contribution in [0.5, 0.6) is 11.5 Å². The van der Waals surface area contributed by atoms with E-state index in [-0.39, 0.29) is 5.82 Å². The number of anilines is 1. The smallest absolute Gasteiger partial charge is 0.153 e. The molecule has 0 saturated heterocycles. The van der Waals surface area contributed by atoms with Gasteiger partial charge in [-0.15, -0.1) is 0 Å². The summed E-state index contributed by atoms with van der Waals surface area (Å²) in [6.45, 7) is 0. The van der Waals surface area contributed by atoms with Gasteiger partial charge in [0.1, 0.15) is 11.6 Å². The van der Waals surface area contributed by atoms with E-state index in [0.717, 1.165) is 10.9 Å². The molecule has 0 spiro atoms. The molecule has 0 aliphatic rings. The van der Waals surface area contributed by atoms with E-state index in [1.165, 1.54) is 6.07 Å². The highest BCUT2D eigenvalue weighted by Gasteiger charge is 2.08. The lowest BCUT2D eigenvalue weighted by Crippen LogP contribution is -1.95. The normalized spacial score (nSPS) is 10.7. The summed E-state index contributed by atoms with van der Waals surface area (Å²) in [6, 6.07) is 12.4. The molecule has 0 aliphatic heterocycles. The van der Waals surface area contributed by atoms with Crippen molar-refractivity contribution in [2.24, 2.45) is 0 Å². The number of hydrogen-bond acceptors (Lipinski definition) is 3. The topological polar surface area (TPSA) is 48.1 Å². The van der Waals surface area contributed by atoms with Crippen LogP contribution in [0.1, 0.15) is 0 Å². The minimum atomic E-state index is -0.358. The summed E-state index contributed by atoms with van der Waals surface area (Å²) in [6.07, 6.45) is 1.59. The van der Waals surface area contributed by atoms with Gasteiger partial charge in [-0.3, -0.25) is 4.98 Å². The number of ether oxygens (including phenoxy) is 1. The summed E-state index contributed by atoms with van der Waals surface area (Å²) in [5.74, 6) is 0.458. The number of nitrogen functional groups attached to an aromatic ring is 1. The summed E-state index contributed by atoms with van der Waals surface area (Å²) < 4.78 is 19.6. The number of aromatic nitrogens is 1. The Morgan fingerprint density at radius 3 is 2.80 bits per heavy atom. The third-order valence-electron chi connectivity index (χ3n) is 2.85. The second-order valence-electron chi connectivity index (χ2n) is 4.27. The third kappa shape index (κ3) is 2.53. The van der Waals surface area contributed by atoms with E-state index >= 15 is 0 Å². The maximum atomic E-state index is 13.6. The Balaban J connectivity index is 1.99. The van der Waals surface area contributed by atoms with Crippen LogP contribution in [0, 0.1) is 9.39 Å². The zero-order valence-electron chi connectivity index (χ0n) is 10.3. The van der Waals surface area contributed by atoms with Crippen LogP contribution >= 0.6 is 22.6 Å². The molecule has 0 bridgehead atoms. The minimum Gasteiger partial charge on any atom is -0.453 e. The molecular weight excluding hydrogens is 370 g/mol. The van der Waals surface area contributed by atoms with Crippen LogP contribution in [0.3, 0.4) is 0 Å². The monoisotopic (exact) mass is 380 g/mol. The molecule has 2 N–H and O–H groups in total. The van der Waals surface area contributed by atoms with Crippen molar-refractivity contribution in [3.05, 3.63) is 58.0 Å². The van der Waals surface area contributed by atoms with E-state index in [2.05, 4.69) is 4.98 Å². The molecule has 0 saturated carbocycles. The highest BCUT2D eigenvalue weighted by atomic mass is 127. The lowest BCUT2D eigenvalue weighted by atomic mass is 10.2. The number of rotatable bonds is 2. The molecule has 20 heavy (non-hydrogen) atoms. The molecule has 0 amide bonds. The summed E-state index contributed by atoms with van der Waals surface area (Å²) in [7, 11) is 0. The van der Waals surface area contributed by atoms with E-state index < -0.39 is 0 Å². The quantitative estimate of drug-likeness (QED) is 0.531. The van der Waals surface area contributed by atoms with Crippen molar-refractivity contribution >= 4 is 39.2 Å². The van der Waals surface area contributed by atoms with E-state index in [9.17, 15) is 4.39 Å².